The summed E-state index contributed by atoms with van der Waals surface area (Å²) in [4.78, 5) is 42.3. The third-order valence-corrected chi connectivity index (χ3v) is 5.16. The first-order chi connectivity index (χ1) is 14.4. The van der Waals surface area contributed by atoms with E-state index in [1.54, 1.807) is 38.1 Å². The number of benzene rings is 2. The molecule has 0 bridgehead atoms. The quantitative estimate of drug-likeness (QED) is 0.516. The lowest BCUT2D eigenvalue weighted by molar-refractivity contribution is 0.0692. The van der Waals surface area contributed by atoms with Crippen LogP contribution < -0.4 is 5.56 Å². The van der Waals surface area contributed by atoms with Crippen LogP contribution in [0.1, 0.15) is 39.4 Å². The largest absolute Gasteiger partial charge is 0.477 e. The van der Waals surface area contributed by atoms with E-state index >= 15 is 0 Å². The number of carboxylic acid groups (broad SMARTS) is 1. The Morgan fingerprint density at radius 2 is 1.60 bits per heavy atom. The van der Waals surface area contributed by atoms with Crippen molar-refractivity contribution < 1.29 is 14.7 Å². The molecular formula is C23H19N3O4. The van der Waals surface area contributed by atoms with Crippen molar-refractivity contribution in [3.8, 4) is 11.3 Å². The monoisotopic (exact) mass is 401 g/mol. The fourth-order valence-corrected chi connectivity index (χ4v) is 3.55. The number of fused-ring (bicyclic) bond motifs is 1. The number of aromatic carboxylic acids is 1. The van der Waals surface area contributed by atoms with Crippen LogP contribution >= 0.6 is 0 Å². The number of imidazole rings is 1. The molecule has 1 atom stereocenters. The van der Waals surface area contributed by atoms with Gasteiger partial charge in [-0.1, -0.05) is 60.7 Å². The zero-order valence-corrected chi connectivity index (χ0v) is 16.4. The second-order valence-corrected chi connectivity index (χ2v) is 7.01. The van der Waals surface area contributed by atoms with Gasteiger partial charge in [-0.2, -0.15) is 0 Å². The Hall–Kier alpha value is -4.00. The summed E-state index contributed by atoms with van der Waals surface area (Å²) in [6.07, 6.45) is 1.20. The van der Waals surface area contributed by atoms with Crippen LogP contribution in [0.25, 0.3) is 17.0 Å². The lowest BCUT2D eigenvalue weighted by atomic mass is 10.1. The molecule has 1 N–H and O–H groups in total. The number of rotatable bonds is 5. The second-order valence-electron chi connectivity index (χ2n) is 7.01. The van der Waals surface area contributed by atoms with E-state index in [1.165, 1.54) is 15.2 Å². The summed E-state index contributed by atoms with van der Waals surface area (Å²) in [5, 5.41) is 9.57. The first-order valence-electron chi connectivity index (χ1n) is 9.42. The lowest BCUT2D eigenvalue weighted by Crippen LogP contribution is -2.28. The molecule has 0 amide bonds. The molecule has 7 heteroatoms. The van der Waals surface area contributed by atoms with E-state index in [1.807, 2.05) is 36.4 Å². The molecule has 0 aliphatic heterocycles. The van der Waals surface area contributed by atoms with Gasteiger partial charge in [0.15, 0.2) is 5.78 Å². The molecule has 30 heavy (non-hydrogen) atoms. The van der Waals surface area contributed by atoms with Crippen molar-refractivity contribution in [3.05, 3.63) is 94.0 Å². The van der Waals surface area contributed by atoms with Crippen LogP contribution in [0, 0.1) is 6.92 Å². The van der Waals surface area contributed by atoms with Crippen LogP contribution in [-0.2, 0) is 0 Å². The third-order valence-electron chi connectivity index (χ3n) is 5.16. The standard InChI is InChI=1S/C23H19N3O4/c1-14-19(16-9-5-3-6-10-16)24-23-25(13-18(22(29)30)21(28)26(14)23)15(2)20(27)17-11-7-4-8-12-17/h3-13,15H,1-2H3,(H,29,30). The molecule has 0 aliphatic carbocycles. The molecule has 0 radical (unpaired) electrons. The van der Waals surface area contributed by atoms with Gasteiger partial charge < -0.3 is 9.67 Å². The SMILES string of the molecule is Cc1c(-c2ccccc2)nc2n(C(C)C(=O)c3ccccc3)cc(C(=O)O)c(=O)n12. The second kappa shape index (κ2) is 7.44. The van der Waals surface area contributed by atoms with Gasteiger partial charge in [0, 0.05) is 17.3 Å². The maximum atomic E-state index is 13.0. The van der Waals surface area contributed by atoms with E-state index in [9.17, 15) is 19.5 Å². The normalized spacial score (nSPS) is 12.1. The van der Waals surface area contributed by atoms with E-state index in [-0.39, 0.29) is 11.6 Å². The highest BCUT2D eigenvalue weighted by Crippen LogP contribution is 2.25. The zero-order valence-electron chi connectivity index (χ0n) is 16.4. The van der Waals surface area contributed by atoms with Crippen molar-refractivity contribution >= 4 is 17.5 Å². The van der Waals surface area contributed by atoms with E-state index in [0.29, 0.717) is 17.0 Å². The summed E-state index contributed by atoms with van der Waals surface area (Å²) in [7, 11) is 0. The molecule has 2 aromatic heterocycles. The van der Waals surface area contributed by atoms with Gasteiger partial charge in [0.25, 0.3) is 5.56 Å². The topological polar surface area (TPSA) is 93.7 Å². The van der Waals surface area contributed by atoms with E-state index < -0.39 is 23.1 Å². The molecule has 1 unspecified atom stereocenters. The number of ketones is 1. The number of aryl methyl sites for hydroxylation is 1. The molecular weight excluding hydrogens is 382 g/mol. The summed E-state index contributed by atoms with van der Waals surface area (Å²) in [6, 6.07) is 17.3. The number of carbonyl (C=O) groups is 2. The third kappa shape index (κ3) is 3.10. The van der Waals surface area contributed by atoms with Gasteiger partial charge in [0.2, 0.25) is 5.78 Å². The number of nitrogens with zero attached hydrogens (tertiary/aromatic N) is 3. The Bertz CT molecular complexity index is 1320. The maximum absolute atomic E-state index is 13.0. The molecule has 0 fully saturated rings. The van der Waals surface area contributed by atoms with Crippen LogP contribution in [0.2, 0.25) is 0 Å². The summed E-state index contributed by atoms with van der Waals surface area (Å²) in [6.45, 7) is 3.38. The molecule has 2 aromatic carbocycles. The number of hydrogen-bond donors (Lipinski definition) is 1. The average Bonchev–Trinajstić information content (AvgIpc) is 3.12. The maximum Gasteiger partial charge on any atom is 0.342 e. The molecule has 150 valence electrons. The van der Waals surface area contributed by atoms with E-state index in [2.05, 4.69) is 4.98 Å². The minimum atomic E-state index is -1.36. The van der Waals surface area contributed by atoms with Gasteiger partial charge in [-0.05, 0) is 13.8 Å². The number of aromatic nitrogens is 3. The Morgan fingerprint density at radius 1 is 1.00 bits per heavy atom. The average molecular weight is 401 g/mol. The molecule has 7 nitrogen and oxygen atoms in total. The molecule has 0 saturated carbocycles. The van der Waals surface area contributed by atoms with Gasteiger partial charge in [-0.25, -0.2) is 14.2 Å². The predicted octanol–water partition coefficient (Wildman–Crippen LogP) is 3.61. The Labute approximate surface area is 171 Å². The first kappa shape index (κ1) is 19.3. The van der Waals surface area contributed by atoms with Crippen molar-refractivity contribution in [1.82, 2.24) is 14.0 Å². The molecule has 4 aromatic rings. The van der Waals surface area contributed by atoms with Gasteiger partial charge in [0.1, 0.15) is 5.56 Å². The van der Waals surface area contributed by atoms with Gasteiger partial charge in [-0.3, -0.25) is 9.59 Å². The molecule has 0 spiro atoms. The Morgan fingerprint density at radius 3 is 2.20 bits per heavy atom. The molecule has 0 aliphatic rings. The van der Waals surface area contributed by atoms with Crippen molar-refractivity contribution in [2.45, 2.75) is 19.9 Å². The Balaban J connectivity index is 1.99. The number of Topliss-reactive ketones (excluding diaryl/α,β-unsaturated/α-hetero) is 1. The van der Waals surface area contributed by atoms with Crippen molar-refractivity contribution in [2.24, 2.45) is 0 Å². The number of carbonyl (C=O) groups excluding carboxylic acids is 1. The minimum absolute atomic E-state index is 0.209. The first-order valence-corrected chi connectivity index (χ1v) is 9.42. The van der Waals surface area contributed by atoms with E-state index in [4.69, 9.17) is 0 Å². The van der Waals surface area contributed by atoms with Crippen molar-refractivity contribution in [2.75, 3.05) is 0 Å². The molecule has 2 heterocycles. The number of hydrogen-bond acceptors (Lipinski definition) is 4. The van der Waals surface area contributed by atoms with Crippen LogP contribution in [0.5, 0.6) is 0 Å². The fraction of sp³-hybridized carbons (Fsp3) is 0.130. The highest BCUT2D eigenvalue weighted by molar-refractivity contribution is 5.99. The minimum Gasteiger partial charge on any atom is -0.477 e. The summed E-state index contributed by atoms with van der Waals surface area (Å²) in [5.41, 5.74) is 1.25. The van der Waals surface area contributed by atoms with Gasteiger partial charge in [0.05, 0.1) is 17.4 Å². The highest BCUT2D eigenvalue weighted by Gasteiger charge is 2.25. The highest BCUT2D eigenvalue weighted by atomic mass is 16.4. The van der Waals surface area contributed by atoms with Gasteiger partial charge in [-0.15, -0.1) is 0 Å². The molecule has 4 rings (SSSR count). The Kier molecular flexibility index (Phi) is 4.79. The van der Waals surface area contributed by atoms with Gasteiger partial charge >= 0.3 is 5.97 Å². The smallest absolute Gasteiger partial charge is 0.342 e. The van der Waals surface area contributed by atoms with E-state index in [0.717, 1.165) is 5.56 Å². The van der Waals surface area contributed by atoms with Crippen LogP contribution in [0.4, 0.5) is 0 Å². The van der Waals surface area contributed by atoms with Crippen LogP contribution in [0.15, 0.2) is 71.7 Å². The molecule has 0 saturated heterocycles. The zero-order chi connectivity index (χ0) is 21.4. The van der Waals surface area contributed by atoms with Crippen LogP contribution in [0.3, 0.4) is 0 Å². The van der Waals surface area contributed by atoms with Crippen LogP contribution in [-0.4, -0.2) is 30.8 Å². The summed E-state index contributed by atoms with van der Waals surface area (Å²) < 4.78 is 2.72. The summed E-state index contributed by atoms with van der Waals surface area (Å²) >= 11 is 0. The fourth-order valence-electron chi connectivity index (χ4n) is 3.55. The summed E-state index contributed by atoms with van der Waals surface area (Å²) in [5.74, 6) is -1.35. The predicted molar refractivity (Wildman–Crippen MR) is 112 cm³/mol. The number of carboxylic acids is 1. The van der Waals surface area contributed by atoms with Crippen molar-refractivity contribution in [1.29, 1.82) is 0 Å². The lowest BCUT2D eigenvalue weighted by Gasteiger charge is -2.17. The van der Waals surface area contributed by atoms with Crippen molar-refractivity contribution in [3.63, 3.8) is 0 Å².